The summed E-state index contributed by atoms with van der Waals surface area (Å²) in [5.74, 6) is 1.08. The molecule has 2 heterocycles. The summed E-state index contributed by atoms with van der Waals surface area (Å²) in [5.41, 5.74) is 2.67. The van der Waals surface area contributed by atoms with Crippen molar-refractivity contribution in [1.82, 2.24) is 14.9 Å². The summed E-state index contributed by atoms with van der Waals surface area (Å²) >= 11 is 6.21. The first-order valence-electron chi connectivity index (χ1n) is 10.9. The van der Waals surface area contributed by atoms with Gasteiger partial charge >= 0.3 is 0 Å². The Morgan fingerprint density at radius 3 is 2.47 bits per heavy atom. The number of likely N-dealkylation sites (N-methyl/N-ethyl adjacent to an activating group) is 1. The molecule has 0 unspecified atom stereocenters. The van der Waals surface area contributed by atoms with E-state index in [9.17, 15) is 4.79 Å². The van der Waals surface area contributed by atoms with Gasteiger partial charge in [-0.2, -0.15) is 4.98 Å². The smallest absolute Gasteiger partial charge is 0.243 e. The average Bonchev–Trinajstić information content (AvgIpc) is 2.83. The van der Waals surface area contributed by atoms with E-state index in [1.54, 1.807) is 30.3 Å². The van der Waals surface area contributed by atoms with Crippen LogP contribution in [0.4, 0.5) is 23.0 Å². The monoisotopic (exact) mass is 480 g/mol. The van der Waals surface area contributed by atoms with E-state index in [0.29, 0.717) is 23.8 Å². The average molecular weight is 481 g/mol. The quantitative estimate of drug-likeness (QED) is 0.356. The predicted octanol–water partition coefficient (Wildman–Crippen LogP) is 5.18. The first kappa shape index (κ1) is 25.0. The van der Waals surface area contributed by atoms with Gasteiger partial charge < -0.3 is 25.2 Å². The standard InChI is InChI=1S/C22H23ClN6O2.C3H6/c1-28-9-11-29(12-10-28)18-7-5-16(6-8-18)26-22-24-14-20(23)21(27-22)31-19-4-2-3-17(13-19)25-15-30;1-3-2/h2-8,13-15H,9-12H2,1H3,(H,25,30)(H,24,26,27);3H,1H2,2H3. The van der Waals surface area contributed by atoms with Crippen LogP contribution in [-0.2, 0) is 4.79 Å². The van der Waals surface area contributed by atoms with Gasteiger partial charge in [0, 0.05) is 49.3 Å². The van der Waals surface area contributed by atoms with Crippen molar-refractivity contribution in [2.24, 2.45) is 0 Å². The van der Waals surface area contributed by atoms with E-state index in [1.165, 1.54) is 11.9 Å². The number of hydrogen-bond donors (Lipinski definition) is 2. The van der Waals surface area contributed by atoms with E-state index in [4.69, 9.17) is 16.3 Å². The minimum absolute atomic E-state index is 0.219. The Morgan fingerprint density at radius 2 is 1.79 bits per heavy atom. The number of anilines is 4. The minimum Gasteiger partial charge on any atom is -0.437 e. The Morgan fingerprint density at radius 1 is 1.09 bits per heavy atom. The molecule has 4 rings (SSSR count). The second kappa shape index (κ2) is 12.6. The summed E-state index contributed by atoms with van der Waals surface area (Å²) in [7, 11) is 2.15. The van der Waals surface area contributed by atoms with Crippen LogP contribution in [0.15, 0.2) is 67.4 Å². The van der Waals surface area contributed by atoms with E-state index in [0.717, 1.165) is 31.9 Å². The Balaban J connectivity index is 0.00000103. The van der Waals surface area contributed by atoms with E-state index in [-0.39, 0.29) is 10.9 Å². The largest absolute Gasteiger partial charge is 0.437 e. The van der Waals surface area contributed by atoms with Crippen LogP contribution in [0.25, 0.3) is 0 Å². The Bertz CT molecular complexity index is 1090. The summed E-state index contributed by atoms with van der Waals surface area (Å²) in [5, 5.41) is 6.04. The molecule has 1 amide bonds. The van der Waals surface area contributed by atoms with E-state index >= 15 is 0 Å². The van der Waals surface area contributed by atoms with Gasteiger partial charge in [-0.1, -0.05) is 23.7 Å². The zero-order valence-electron chi connectivity index (χ0n) is 19.4. The fourth-order valence-corrected chi connectivity index (χ4v) is 3.39. The van der Waals surface area contributed by atoms with Gasteiger partial charge in [0.2, 0.25) is 18.2 Å². The Kier molecular flexibility index (Phi) is 9.25. The third-order valence-corrected chi connectivity index (χ3v) is 5.24. The van der Waals surface area contributed by atoms with Gasteiger partial charge in [-0.3, -0.25) is 4.79 Å². The highest BCUT2D eigenvalue weighted by Crippen LogP contribution is 2.30. The topological polar surface area (TPSA) is 82.6 Å². The number of ether oxygens (including phenoxy) is 1. The molecular formula is C25H29ClN6O2. The number of hydrogen-bond acceptors (Lipinski definition) is 7. The molecule has 9 heteroatoms. The van der Waals surface area contributed by atoms with Crippen molar-refractivity contribution >= 4 is 41.0 Å². The van der Waals surface area contributed by atoms with Gasteiger partial charge in [0.15, 0.2) is 0 Å². The second-order valence-electron chi connectivity index (χ2n) is 7.61. The summed E-state index contributed by atoms with van der Waals surface area (Å²) in [6, 6.07) is 15.1. The molecule has 2 N–H and O–H groups in total. The normalized spacial score (nSPS) is 13.3. The third-order valence-electron chi connectivity index (χ3n) is 4.98. The molecule has 1 aliphatic heterocycles. The molecule has 178 valence electrons. The molecular weight excluding hydrogens is 452 g/mol. The number of nitrogens with zero attached hydrogens (tertiary/aromatic N) is 4. The maximum Gasteiger partial charge on any atom is 0.243 e. The summed E-state index contributed by atoms with van der Waals surface area (Å²) in [4.78, 5) is 24.0. The van der Waals surface area contributed by atoms with Crippen molar-refractivity contribution in [3.05, 3.63) is 72.4 Å². The first-order valence-corrected chi connectivity index (χ1v) is 11.3. The number of halogens is 1. The van der Waals surface area contributed by atoms with Crippen LogP contribution in [0.1, 0.15) is 6.92 Å². The molecule has 34 heavy (non-hydrogen) atoms. The lowest BCUT2D eigenvalue weighted by Gasteiger charge is -2.34. The number of carbonyl (C=O) groups excluding carboxylic acids is 1. The number of amides is 1. The van der Waals surface area contributed by atoms with Gasteiger partial charge in [0.1, 0.15) is 10.8 Å². The Labute approximate surface area is 205 Å². The minimum atomic E-state index is 0.219. The number of aromatic nitrogens is 2. The van der Waals surface area contributed by atoms with Crippen molar-refractivity contribution < 1.29 is 9.53 Å². The molecule has 0 radical (unpaired) electrons. The molecule has 8 nitrogen and oxygen atoms in total. The highest BCUT2D eigenvalue weighted by Gasteiger charge is 2.14. The fraction of sp³-hybridized carbons (Fsp3) is 0.240. The van der Waals surface area contributed by atoms with Crippen LogP contribution in [0, 0.1) is 0 Å². The lowest BCUT2D eigenvalue weighted by Crippen LogP contribution is -2.44. The number of benzene rings is 2. The number of allylic oxidation sites excluding steroid dienone is 1. The maximum absolute atomic E-state index is 10.6. The van der Waals surface area contributed by atoms with Crippen LogP contribution in [0.3, 0.4) is 0 Å². The second-order valence-corrected chi connectivity index (χ2v) is 8.02. The SMILES string of the molecule is C=CC.CN1CCN(c2ccc(Nc3ncc(Cl)c(Oc4cccc(NC=O)c4)n3)cc2)CC1. The molecule has 3 aromatic rings. The zero-order valence-corrected chi connectivity index (χ0v) is 20.1. The van der Waals surface area contributed by atoms with Gasteiger partial charge in [-0.05, 0) is 50.4 Å². The molecule has 0 atom stereocenters. The lowest BCUT2D eigenvalue weighted by molar-refractivity contribution is -0.105. The van der Waals surface area contributed by atoms with Crippen molar-refractivity contribution in [3.8, 4) is 11.6 Å². The van der Waals surface area contributed by atoms with E-state index < -0.39 is 0 Å². The van der Waals surface area contributed by atoms with Crippen LogP contribution < -0.4 is 20.3 Å². The number of carbonyl (C=O) groups is 1. The van der Waals surface area contributed by atoms with Crippen LogP contribution in [0.2, 0.25) is 5.02 Å². The molecule has 0 saturated carbocycles. The zero-order chi connectivity index (χ0) is 24.3. The van der Waals surface area contributed by atoms with Crippen LogP contribution in [-0.4, -0.2) is 54.5 Å². The van der Waals surface area contributed by atoms with Crippen molar-refractivity contribution in [2.45, 2.75) is 6.92 Å². The van der Waals surface area contributed by atoms with Gasteiger partial charge in [-0.25, -0.2) is 4.98 Å². The van der Waals surface area contributed by atoms with Gasteiger partial charge in [0.05, 0.1) is 6.20 Å². The lowest BCUT2D eigenvalue weighted by atomic mass is 10.2. The summed E-state index contributed by atoms with van der Waals surface area (Å²) in [6.45, 7) is 9.42. The van der Waals surface area contributed by atoms with Gasteiger partial charge in [-0.15, -0.1) is 6.58 Å². The molecule has 1 aliphatic rings. The van der Waals surface area contributed by atoms with Crippen LogP contribution in [0.5, 0.6) is 11.6 Å². The maximum atomic E-state index is 10.6. The third kappa shape index (κ3) is 7.19. The number of rotatable bonds is 7. The molecule has 1 saturated heterocycles. The highest BCUT2D eigenvalue weighted by atomic mass is 35.5. The van der Waals surface area contributed by atoms with E-state index in [1.807, 2.05) is 19.1 Å². The molecule has 1 fully saturated rings. The number of piperazine rings is 1. The van der Waals surface area contributed by atoms with Crippen molar-refractivity contribution in [3.63, 3.8) is 0 Å². The molecule has 0 spiro atoms. The van der Waals surface area contributed by atoms with Gasteiger partial charge in [0.25, 0.3) is 0 Å². The summed E-state index contributed by atoms with van der Waals surface area (Å²) in [6.07, 6.45) is 3.84. The molecule has 2 aromatic carbocycles. The highest BCUT2D eigenvalue weighted by molar-refractivity contribution is 6.31. The molecule has 0 aliphatic carbocycles. The molecule has 1 aromatic heterocycles. The molecule has 0 bridgehead atoms. The van der Waals surface area contributed by atoms with Crippen molar-refractivity contribution in [2.75, 3.05) is 48.8 Å². The first-order chi connectivity index (χ1) is 16.5. The van der Waals surface area contributed by atoms with Crippen molar-refractivity contribution in [1.29, 1.82) is 0 Å². The Hall–Kier alpha value is -3.62. The number of nitrogens with one attached hydrogen (secondary N) is 2. The van der Waals surface area contributed by atoms with Crippen LogP contribution >= 0.6 is 11.6 Å². The summed E-state index contributed by atoms with van der Waals surface area (Å²) < 4.78 is 5.79. The predicted molar refractivity (Wildman–Crippen MR) is 139 cm³/mol. The van der Waals surface area contributed by atoms with E-state index in [2.05, 4.69) is 56.2 Å². The fourth-order valence-electron chi connectivity index (χ4n) is 3.26.